The van der Waals surface area contributed by atoms with E-state index in [1.54, 1.807) is 13.0 Å². The molecule has 0 saturated carbocycles. The van der Waals surface area contributed by atoms with Gasteiger partial charge in [-0.1, -0.05) is 11.6 Å². The molecule has 0 radical (unpaired) electrons. The van der Waals surface area contributed by atoms with Gasteiger partial charge in [0.1, 0.15) is 11.4 Å². The van der Waals surface area contributed by atoms with E-state index in [1.807, 2.05) is 0 Å². The van der Waals surface area contributed by atoms with Crippen LogP contribution in [-0.4, -0.2) is 40.5 Å². The van der Waals surface area contributed by atoms with Gasteiger partial charge in [-0.3, -0.25) is 14.9 Å². The second kappa shape index (κ2) is 6.69. The van der Waals surface area contributed by atoms with Crippen molar-refractivity contribution in [1.29, 1.82) is 0 Å². The molecule has 3 rings (SSSR count). The van der Waals surface area contributed by atoms with Crippen molar-refractivity contribution in [2.75, 3.05) is 16.8 Å². The van der Waals surface area contributed by atoms with Gasteiger partial charge in [0.15, 0.2) is 9.84 Å². The number of hydrogen-bond acceptors (Lipinski definition) is 6. The summed E-state index contributed by atoms with van der Waals surface area (Å²) in [7, 11) is -3.14. The van der Waals surface area contributed by atoms with Crippen molar-refractivity contribution in [2.45, 2.75) is 19.4 Å². The first-order valence-electron chi connectivity index (χ1n) is 7.68. The third-order valence-electron chi connectivity index (χ3n) is 4.05. The van der Waals surface area contributed by atoms with E-state index in [0.717, 1.165) is 6.07 Å². The molecule has 1 aliphatic rings. The van der Waals surface area contributed by atoms with Crippen LogP contribution in [-0.2, 0) is 9.84 Å². The van der Waals surface area contributed by atoms with E-state index in [9.17, 15) is 23.3 Å². The van der Waals surface area contributed by atoms with Gasteiger partial charge >= 0.3 is 0 Å². The molecule has 1 fully saturated rings. The maximum Gasteiger partial charge on any atom is 0.282 e. The van der Waals surface area contributed by atoms with E-state index in [4.69, 9.17) is 11.6 Å². The number of nitro benzene ring substituents is 1. The van der Waals surface area contributed by atoms with Crippen LogP contribution in [0.5, 0.6) is 0 Å². The lowest BCUT2D eigenvalue weighted by atomic mass is 10.1. The molecule has 1 aromatic carbocycles. The second-order valence-corrected chi connectivity index (χ2v) is 8.71. The third kappa shape index (κ3) is 3.70. The number of carbonyl (C=O) groups is 1. The van der Waals surface area contributed by atoms with Gasteiger partial charge in [0.05, 0.1) is 28.2 Å². The average molecular weight is 399 g/mol. The van der Waals surface area contributed by atoms with Crippen LogP contribution in [0.1, 0.15) is 28.5 Å². The Balaban J connectivity index is 1.92. The number of carbonyl (C=O) groups excluding carboxylic acids is 1. The minimum atomic E-state index is -3.14. The number of amides is 1. The Morgan fingerprint density at radius 1 is 1.42 bits per heavy atom. The SMILES string of the molecule is Cc1cc(NC(=O)c2cc(Cl)ccc2[N+](=O)[O-])n([C@H]2CCS(=O)(=O)C2)n1. The molecule has 0 aliphatic carbocycles. The van der Waals surface area contributed by atoms with E-state index >= 15 is 0 Å². The van der Waals surface area contributed by atoms with Crippen LogP contribution in [0.15, 0.2) is 24.3 Å². The first kappa shape index (κ1) is 18.3. The summed E-state index contributed by atoms with van der Waals surface area (Å²) in [6.45, 7) is 1.71. The molecule has 0 bridgehead atoms. The minimum absolute atomic E-state index is 0.0593. The quantitative estimate of drug-likeness (QED) is 0.622. The van der Waals surface area contributed by atoms with E-state index in [1.165, 1.54) is 16.8 Å². The molecule has 1 amide bonds. The molecule has 0 spiro atoms. The Morgan fingerprint density at radius 2 is 2.15 bits per heavy atom. The zero-order valence-electron chi connectivity index (χ0n) is 13.7. The van der Waals surface area contributed by atoms with Crippen LogP contribution in [0.4, 0.5) is 11.5 Å². The molecule has 1 aliphatic heterocycles. The Labute approximate surface area is 154 Å². The maximum atomic E-state index is 12.6. The lowest BCUT2D eigenvalue weighted by molar-refractivity contribution is -0.385. The molecule has 9 nitrogen and oxygen atoms in total. The molecule has 138 valence electrons. The average Bonchev–Trinajstić information content (AvgIpc) is 3.08. The smallest absolute Gasteiger partial charge is 0.282 e. The fourth-order valence-corrected chi connectivity index (χ4v) is 4.75. The lowest BCUT2D eigenvalue weighted by Crippen LogP contribution is -2.20. The number of benzene rings is 1. The fraction of sp³-hybridized carbons (Fsp3) is 0.333. The summed E-state index contributed by atoms with van der Waals surface area (Å²) in [5.41, 5.74) is 0.0234. The van der Waals surface area contributed by atoms with Crippen molar-refractivity contribution in [1.82, 2.24) is 9.78 Å². The first-order chi connectivity index (χ1) is 12.2. The molecule has 2 aromatic rings. The van der Waals surface area contributed by atoms with Gasteiger partial charge in [-0.25, -0.2) is 13.1 Å². The number of rotatable bonds is 4. The van der Waals surface area contributed by atoms with E-state index in [-0.39, 0.29) is 33.6 Å². The zero-order chi connectivity index (χ0) is 19.1. The predicted octanol–water partition coefficient (Wildman–Crippen LogP) is 2.37. The maximum absolute atomic E-state index is 12.6. The summed E-state index contributed by atoms with van der Waals surface area (Å²) in [6, 6.07) is 4.89. The van der Waals surface area contributed by atoms with Crippen LogP contribution in [0.3, 0.4) is 0 Å². The second-order valence-electron chi connectivity index (χ2n) is 6.05. The van der Waals surface area contributed by atoms with Crippen molar-refractivity contribution >= 4 is 38.9 Å². The molecule has 2 heterocycles. The normalized spacial score (nSPS) is 18.6. The summed E-state index contributed by atoms with van der Waals surface area (Å²) < 4.78 is 24.9. The highest BCUT2D eigenvalue weighted by atomic mass is 35.5. The minimum Gasteiger partial charge on any atom is -0.307 e. The van der Waals surface area contributed by atoms with E-state index in [0.29, 0.717) is 12.1 Å². The molecular weight excluding hydrogens is 384 g/mol. The highest BCUT2D eigenvalue weighted by Crippen LogP contribution is 2.28. The zero-order valence-corrected chi connectivity index (χ0v) is 15.2. The Hall–Kier alpha value is -2.46. The highest BCUT2D eigenvalue weighted by molar-refractivity contribution is 7.91. The molecule has 1 atom stereocenters. The highest BCUT2D eigenvalue weighted by Gasteiger charge is 2.32. The standard InChI is InChI=1S/C15H15ClN4O5S/c1-9-6-14(19(18-9)11-4-5-26(24,25)8-11)17-15(21)12-7-10(16)2-3-13(12)20(22)23/h2-3,6-7,11H,4-5,8H2,1H3,(H,17,21)/t11-/m0/s1. The van der Waals surface area contributed by atoms with Gasteiger partial charge in [0.25, 0.3) is 11.6 Å². The van der Waals surface area contributed by atoms with Gasteiger partial charge in [-0.15, -0.1) is 0 Å². The topological polar surface area (TPSA) is 124 Å². The first-order valence-corrected chi connectivity index (χ1v) is 9.88. The van der Waals surface area contributed by atoms with Crippen LogP contribution in [0.2, 0.25) is 5.02 Å². The van der Waals surface area contributed by atoms with Gasteiger partial charge in [0, 0.05) is 17.2 Å². The number of hydrogen-bond donors (Lipinski definition) is 1. The Morgan fingerprint density at radius 3 is 2.77 bits per heavy atom. The molecule has 26 heavy (non-hydrogen) atoms. The van der Waals surface area contributed by atoms with E-state index in [2.05, 4.69) is 10.4 Å². The van der Waals surface area contributed by atoms with Gasteiger partial charge < -0.3 is 5.32 Å². The number of aryl methyl sites for hydroxylation is 1. The van der Waals surface area contributed by atoms with Crippen LogP contribution in [0, 0.1) is 17.0 Å². The van der Waals surface area contributed by atoms with Crippen molar-refractivity contribution in [2.24, 2.45) is 0 Å². The van der Waals surface area contributed by atoms with Gasteiger partial charge in [0.2, 0.25) is 0 Å². The predicted molar refractivity (Wildman–Crippen MR) is 95.3 cm³/mol. The molecular formula is C15H15ClN4O5S. The fourth-order valence-electron chi connectivity index (χ4n) is 2.89. The number of nitro groups is 1. The van der Waals surface area contributed by atoms with Crippen LogP contribution >= 0.6 is 11.6 Å². The van der Waals surface area contributed by atoms with Crippen molar-refractivity contribution in [3.8, 4) is 0 Å². The van der Waals surface area contributed by atoms with Gasteiger partial charge in [-0.2, -0.15) is 5.10 Å². The van der Waals surface area contributed by atoms with Crippen LogP contribution in [0.25, 0.3) is 0 Å². The number of nitrogens with one attached hydrogen (secondary N) is 1. The monoisotopic (exact) mass is 398 g/mol. The summed E-state index contributed by atoms with van der Waals surface area (Å²) in [5.74, 6) is -0.442. The molecule has 11 heteroatoms. The molecule has 0 unspecified atom stereocenters. The van der Waals surface area contributed by atoms with Gasteiger partial charge in [-0.05, 0) is 25.5 Å². The molecule has 1 aromatic heterocycles. The van der Waals surface area contributed by atoms with Crippen molar-refractivity contribution in [3.63, 3.8) is 0 Å². The number of sulfone groups is 1. The number of aromatic nitrogens is 2. The number of halogens is 1. The molecule has 1 N–H and O–H groups in total. The Bertz CT molecular complexity index is 1000. The van der Waals surface area contributed by atoms with Crippen molar-refractivity contribution in [3.05, 3.63) is 50.7 Å². The summed E-state index contributed by atoms with van der Waals surface area (Å²) in [4.78, 5) is 23.0. The largest absolute Gasteiger partial charge is 0.307 e. The number of nitrogens with zero attached hydrogens (tertiary/aromatic N) is 3. The van der Waals surface area contributed by atoms with Crippen LogP contribution < -0.4 is 5.32 Å². The summed E-state index contributed by atoms with van der Waals surface area (Å²) >= 11 is 5.85. The molecule has 1 saturated heterocycles. The van der Waals surface area contributed by atoms with E-state index < -0.39 is 26.7 Å². The summed E-state index contributed by atoms with van der Waals surface area (Å²) in [6.07, 6.45) is 0.392. The third-order valence-corrected chi connectivity index (χ3v) is 6.04. The summed E-state index contributed by atoms with van der Waals surface area (Å²) in [5, 5.41) is 18.2. The number of anilines is 1. The lowest BCUT2D eigenvalue weighted by Gasteiger charge is -2.14. The Kier molecular flexibility index (Phi) is 4.72. The van der Waals surface area contributed by atoms with Crippen molar-refractivity contribution < 1.29 is 18.1 Å².